The Morgan fingerprint density at radius 2 is 1.73 bits per heavy atom. The molecule has 0 radical (unpaired) electrons. The molecule has 22 heavy (non-hydrogen) atoms. The van der Waals surface area contributed by atoms with Crippen LogP contribution < -0.4 is 10.6 Å². The quantitative estimate of drug-likeness (QED) is 0.888. The number of rotatable bonds is 2. The van der Waals surface area contributed by atoms with Gasteiger partial charge in [0.05, 0.1) is 22.4 Å². The molecule has 0 bridgehead atoms. The molecule has 3 rings (SSSR count). The number of carbonyl (C=O) groups is 1. The van der Waals surface area contributed by atoms with Gasteiger partial charge in [-0.25, -0.2) is 14.8 Å². The summed E-state index contributed by atoms with van der Waals surface area (Å²) in [5, 5.41) is 5.95. The van der Waals surface area contributed by atoms with Crippen molar-refractivity contribution in [2.45, 2.75) is 52.0 Å². The van der Waals surface area contributed by atoms with Gasteiger partial charge in [0, 0.05) is 11.7 Å². The van der Waals surface area contributed by atoms with Gasteiger partial charge in [0.25, 0.3) is 0 Å². The molecule has 5 nitrogen and oxygen atoms in total. The first-order chi connectivity index (χ1) is 10.6. The summed E-state index contributed by atoms with van der Waals surface area (Å²) in [5.74, 6) is 0. The molecule has 116 valence electrons. The Bertz CT molecular complexity index is 692. The van der Waals surface area contributed by atoms with Crippen molar-refractivity contribution in [2.24, 2.45) is 0 Å². The molecule has 5 heteroatoms. The van der Waals surface area contributed by atoms with Crippen LogP contribution in [0.25, 0.3) is 11.0 Å². The molecule has 0 atom stereocenters. The predicted molar refractivity (Wildman–Crippen MR) is 88.0 cm³/mol. The minimum Gasteiger partial charge on any atom is -0.335 e. The summed E-state index contributed by atoms with van der Waals surface area (Å²) >= 11 is 0. The van der Waals surface area contributed by atoms with Crippen LogP contribution >= 0.6 is 0 Å². The van der Waals surface area contributed by atoms with Gasteiger partial charge in [-0.1, -0.05) is 19.3 Å². The summed E-state index contributed by atoms with van der Waals surface area (Å²) in [6.07, 6.45) is 5.84. The highest BCUT2D eigenvalue weighted by atomic mass is 16.2. The zero-order valence-corrected chi connectivity index (χ0v) is 13.1. The average Bonchev–Trinajstić information content (AvgIpc) is 2.49. The number of carbonyl (C=O) groups excluding carboxylic acids is 1. The van der Waals surface area contributed by atoms with Gasteiger partial charge in [-0.15, -0.1) is 0 Å². The van der Waals surface area contributed by atoms with Crippen molar-refractivity contribution in [3.05, 3.63) is 29.6 Å². The fraction of sp³-hybridized carbons (Fsp3) is 0.471. The van der Waals surface area contributed by atoms with Crippen molar-refractivity contribution in [3.8, 4) is 0 Å². The van der Waals surface area contributed by atoms with E-state index in [4.69, 9.17) is 0 Å². The minimum atomic E-state index is -0.136. The van der Waals surface area contributed by atoms with Crippen molar-refractivity contribution in [1.82, 2.24) is 15.3 Å². The second-order valence-electron chi connectivity index (χ2n) is 6.03. The number of amides is 2. The Morgan fingerprint density at radius 1 is 1.05 bits per heavy atom. The van der Waals surface area contributed by atoms with E-state index in [2.05, 4.69) is 20.6 Å². The normalized spacial score (nSPS) is 15.7. The molecule has 0 aliphatic heterocycles. The number of aryl methyl sites for hydroxylation is 2. The van der Waals surface area contributed by atoms with Gasteiger partial charge in [0.15, 0.2) is 0 Å². The largest absolute Gasteiger partial charge is 0.335 e. The summed E-state index contributed by atoms with van der Waals surface area (Å²) < 4.78 is 0. The molecule has 0 unspecified atom stereocenters. The van der Waals surface area contributed by atoms with E-state index in [1.165, 1.54) is 19.3 Å². The summed E-state index contributed by atoms with van der Waals surface area (Å²) in [6.45, 7) is 3.89. The van der Waals surface area contributed by atoms with Gasteiger partial charge in [0.2, 0.25) is 0 Å². The van der Waals surface area contributed by atoms with Crippen LogP contribution in [-0.4, -0.2) is 22.0 Å². The van der Waals surface area contributed by atoms with Gasteiger partial charge < -0.3 is 10.6 Å². The lowest BCUT2D eigenvalue weighted by Gasteiger charge is -2.22. The average molecular weight is 298 g/mol. The van der Waals surface area contributed by atoms with Crippen LogP contribution in [-0.2, 0) is 0 Å². The van der Waals surface area contributed by atoms with Crippen LogP contribution in [0.4, 0.5) is 10.5 Å². The maximum absolute atomic E-state index is 12.1. The molecule has 2 N–H and O–H groups in total. The van der Waals surface area contributed by atoms with E-state index in [9.17, 15) is 4.79 Å². The van der Waals surface area contributed by atoms with E-state index >= 15 is 0 Å². The summed E-state index contributed by atoms with van der Waals surface area (Å²) in [5.41, 5.74) is 4.25. The van der Waals surface area contributed by atoms with Gasteiger partial charge in [-0.2, -0.15) is 0 Å². The Labute approximate surface area is 130 Å². The Kier molecular flexibility index (Phi) is 4.22. The highest BCUT2D eigenvalue weighted by molar-refractivity contribution is 5.92. The first kappa shape index (κ1) is 14.8. The van der Waals surface area contributed by atoms with E-state index < -0.39 is 0 Å². The van der Waals surface area contributed by atoms with Gasteiger partial charge >= 0.3 is 6.03 Å². The van der Waals surface area contributed by atoms with E-state index in [1.807, 2.05) is 32.0 Å². The highest BCUT2D eigenvalue weighted by Gasteiger charge is 2.15. The second kappa shape index (κ2) is 6.30. The Hall–Kier alpha value is -2.17. The Balaban J connectivity index is 1.70. The molecule has 1 saturated carbocycles. The molecule has 1 fully saturated rings. The Morgan fingerprint density at radius 3 is 2.45 bits per heavy atom. The number of hydrogen-bond donors (Lipinski definition) is 2. The standard InChI is InChI=1S/C17H22N4O/c1-11-12(2)19-16-10-14(8-9-15(16)18-11)21-17(22)20-13-6-4-3-5-7-13/h8-10,13H,3-7H2,1-2H3,(H2,20,21,22). The maximum Gasteiger partial charge on any atom is 0.319 e. The lowest BCUT2D eigenvalue weighted by Crippen LogP contribution is -2.39. The van der Waals surface area contributed by atoms with Crippen molar-refractivity contribution < 1.29 is 4.79 Å². The number of nitrogens with zero attached hydrogens (tertiary/aromatic N) is 2. The zero-order valence-electron chi connectivity index (χ0n) is 13.1. The number of fused-ring (bicyclic) bond motifs is 1. The van der Waals surface area contributed by atoms with E-state index in [0.29, 0.717) is 6.04 Å². The molecule has 1 aromatic heterocycles. The van der Waals surface area contributed by atoms with E-state index in [0.717, 1.165) is 41.0 Å². The smallest absolute Gasteiger partial charge is 0.319 e. The summed E-state index contributed by atoms with van der Waals surface area (Å²) in [4.78, 5) is 21.1. The monoisotopic (exact) mass is 298 g/mol. The van der Waals surface area contributed by atoms with E-state index in [-0.39, 0.29) is 6.03 Å². The highest BCUT2D eigenvalue weighted by Crippen LogP contribution is 2.19. The van der Waals surface area contributed by atoms with Crippen LogP contribution in [0.5, 0.6) is 0 Å². The first-order valence-corrected chi connectivity index (χ1v) is 7.94. The van der Waals surface area contributed by atoms with Crippen LogP contribution in [0.15, 0.2) is 18.2 Å². The van der Waals surface area contributed by atoms with Crippen LogP contribution in [0.1, 0.15) is 43.5 Å². The number of anilines is 1. The molecule has 2 amide bonds. The molecule has 1 aliphatic rings. The fourth-order valence-corrected chi connectivity index (χ4v) is 2.91. The number of aromatic nitrogens is 2. The zero-order chi connectivity index (χ0) is 15.5. The molecule has 1 aliphatic carbocycles. The molecule has 0 spiro atoms. The third kappa shape index (κ3) is 3.35. The number of nitrogens with one attached hydrogen (secondary N) is 2. The SMILES string of the molecule is Cc1nc2ccc(NC(=O)NC3CCCCC3)cc2nc1C. The second-order valence-corrected chi connectivity index (χ2v) is 6.03. The van der Waals surface area contributed by atoms with Crippen LogP contribution in [0.2, 0.25) is 0 Å². The van der Waals surface area contributed by atoms with Crippen molar-refractivity contribution >= 4 is 22.8 Å². The molecular formula is C17H22N4O. The number of hydrogen-bond acceptors (Lipinski definition) is 3. The van der Waals surface area contributed by atoms with Crippen LogP contribution in [0.3, 0.4) is 0 Å². The van der Waals surface area contributed by atoms with E-state index in [1.54, 1.807) is 0 Å². The minimum absolute atomic E-state index is 0.136. The molecule has 1 aromatic carbocycles. The van der Waals surface area contributed by atoms with Crippen molar-refractivity contribution in [2.75, 3.05) is 5.32 Å². The molecule has 2 aromatic rings. The maximum atomic E-state index is 12.1. The van der Waals surface area contributed by atoms with Gasteiger partial charge in [-0.3, -0.25) is 0 Å². The predicted octanol–water partition coefficient (Wildman–Crippen LogP) is 3.70. The number of urea groups is 1. The topological polar surface area (TPSA) is 66.9 Å². The molecular weight excluding hydrogens is 276 g/mol. The first-order valence-electron chi connectivity index (χ1n) is 7.94. The number of benzene rings is 1. The summed E-state index contributed by atoms with van der Waals surface area (Å²) in [7, 11) is 0. The molecule has 1 heterocycles. The van der Waals surface area contributed by atoms with Gasteiger partial charge in [-0.05, 0) is 44.9 Å². The third-order valence-electron chi connectivity index (χ3n) is 4.27. The fourth-order valence-electron chi connectivity index (χ4n) is 2.91. The van der Waals surface area contributed by atoms with Crippen molar-refractivity contribution in [1.29, 1.82) is 0 Å². The van der Waals surface area contributed by atoms with Gasteiger partial charge in [0.1, 0.15) is 0 Å². The summed E-state index contributed by atoms with van der Waals surface area (Å²) in [6, 6.07) is 5.80. The lowest BCUT2D eigenvalue weighted by molar-refractivity contribution is 0.244. The third-order valence-corrected chi connectivity index (χ3v) is 4.27. The van der Waals surface area contributed by atoms with Crippen molar-refractivity contribution in [3.63, 3.8) is 0 Å². The van der Waals surface area contributed by atoms with Crippen LogP contribution in [0, 0.1) is 13.8 Å². The lowest BCUT2D eigenvalue weighted by atomic mass is 9.96. The molecule has 0 saturated heterocycles.